The normalized spacial score (nSPS) is 10.8. The molecular weight excluding hydrogens is 366 g/mol. The summed E-state index contributed by atoms with van der Waals surface area (Å²) in [5.41, 5.74) is 3.74. The van der Waals surface area contributed by atoms with Gasteiger partial charge >= 0.3 is 5.97 Å². The Morgan fingerprint density at radius 1 is 1.14 bits per heavy atom. The molecular formula is C23H27N3O3. The lowest BCUT2D eigenvalue weighted by atomic mass is 10.1. The van der Waals surface area contributed by atoms with E-state index in [2.05, 4.69) is 53.3 Å². The summed E-state index contributed by atoms with van der Waals surface area (Å²) in [5.74, 6) is -1.23. The third-order valence-corrected chi connectivity index (χ3v) is 5.04. The quantitative estimate of drug-likeness (QED) is 0.483. The van der Waals surface area contributed by atoms with Gasteiger partial charge in [-0.2, -0.15) is 0 Å². The molecule has 6 nitrogen and oxygen atoms in total. The molecule has 3 rings (SSSR count). The number of H-pyrrole nitrogens is 1. The van der Waals surface area contributed by atoms with Crippen molar-refractivity contribution >= 4 is 28.5 Å². The smallest absolute Gasteiger partial charge is 0.352 e. The molecule has 0 bridgehead atoms. The Kier molecular flexibility index (Phi) is 6.54. The number of carbonyl (C=O) groups is 2. The van der Waals surface area contributed by atoms with Gasteiger partial charge in [0.1, 0.15) is 5.69 Å². The Morgan fingerprint density at radius 2 is 1.93 bits per heavy atom. The number of carbonyl (C=O) groups excluding carboxylic acids is 1. The van der Waals surface area contributed by atoms with Crippen LogP contribution in [0.3, 0.4) is 0 Å². The van der Waals surface area contributed by atoms with Gasteiger partial charge in [0.05, 0.1) is 6.42 Å². The maximum atomic E-state index is 12.4. The number of nitrogens with zero attached hydrogens (tertiary/aromatic N) is 1. The van der Waals surface area contributed by atoms with Crippen molar-refractivity contribution in [1.29, 1.82) is 0 Å². The van der Waals surface area contributed by atoms with Crippen LogP contribution in [0, 0.1) is 6.92 Å². The summed E-state index contributed by atoms with van der Waals surface area (Å²) in [5, 5.41) is 13.1. The highest BCUT2D eigenvalue weighted by molar-refractivity contribution is 5.99. The number of hydrogen-bond acceptors (Lipinski definition) is 3. The zero-order valence-corrected chi connectivity index (χ0v) is 16.9. The molecule has 0 fully saturated rings. The number of benzene rings is 2. The van der Waals surface area contributed by atoms with E-state index in [0.29, 0.717) is 12.1 Å². The lowest BCUT2D eigenvalue weighted by Gasteiger charge is -2.23. The van der Waals surface area contributed by atoms with Gasteiger partial charge in [-0.25, -0.2) is 4.79 Å². The van der Waals surface area contributed by atoms with Crippen LogP contribution in [0.2, 0.25) is 0 Å². The highest BCUT2D eigenvalue weighted by Crippen LogP contribution is 2.23. The van der Waals surface area contributed by atoms with Crippen molar-refractivity contribution in [2.45, 2.75) is 26.7 Å². The number of hydrogen-bond donors (Lipinski definition) is 3. The number of aryl methyl sites for hydroxylation is 1. The van der Waals surface area contributed by atoms with Crippen molar-refractivity contribution in [3.8, 4) is 0 Å². The topological polar surface area (TPSA) is 85.4 Å². The first-order chi connectivity index (χ1) is 14.0. The van der Waals surface area contributed by atoms with Crippen LogP contribution in [0.1, 0.15) is 35.0 Å². The van der Waals surface area contributed by atoms with Crippen LogP contribution in [0.4, 0.5) is 5.69 Å². The average Bonchev–Trinajstić information content (AvgIpc) is 3.07. The SMILES string of the molecule is CCN(CCCNC(=O)Cc1c(C(=O)O)[nH]c2ccccc12)c1cccc(C)c1. The van der Waals surface area contributed by atoms with Crippen molar-refractivity contribution < 1.29 is 14.7 Å². The first kappa shape index (κ1) is 20.5. The fourth-order valence-corrected chi connectivity index (χ4v) is 3.58. The molecule has 0 spiro atoms. The fraction of sp³-hybridized carbons (Fsp3) is 0.304. The number of rotatable bonds is 9. The molecule has 0 atom stereocenters. The molecule has 3 N–H and O–H groups in total. The summed E-state index contributed by atoms with van der Waals surface area (Å²) in [6.07, 6.45) is 0.855. The number of fused-ring (bicyclic) bond motifs is 1. The van der Waals surface area contributed by atoms with E-state index in [0.717, 1.165) is 30.4 Å². The fourth-order valence-electron chi connectivity index (χ4n) is 3.58. The second kappa shape index (κ2) is 9.28. The summed E-state index contributed by atoms with van der Waals surface area (Å²) >= 11 is 0. The third-order valence-electron chi connectivity index (χ3n) is 5.04. The van der Waals surface area contributed by atoms with Gasteiger partial charge < -0.3 is 20.3 Å². The van der Waals surface area contributed by atoms with Crippen LogP contribution < -0.4 is 10.2 Å². The molecule has 1 amide bonds. The predicted molar refractivity (Wildman–Crippen MR) is 116 cm³/mol. The van der Waals surface area contributed by atoms with Crippen LogP contribution >= 0.6 is 0 Å². The van der Waals surface area contributed by atoms with Crippen molar-refractivity contribution in [2.75, 3.05) is 24.5 Å². The number of amides is 1. The number of carboxylic acids is 1. The minimum Gasteiger partial charge on any atom is -0.477 e. The van der Waals surface area contributed by atoms with Crippen molar-refractivity contribution in [2.24, 2.45) is 0 Å². The van der Waals surface area contributed by atoms with Crippen LogP contribution in [0.15, 0.2) is 48.5 Å². The molecule has 0 aliphatic heterocycles. The molecule has 0 aliphatic carbocycles. The van der Waals surface area contributed by atoms with E-state index < -0.39 is 5.97 Å². The number of aromatic amines is 1. The molecule has 0 saturated carbocycles. The Labute approximate surface area is 170 Å². The van der Waals surface area contributed by atoms with E-state index in [-0.39, 0.29) is 18.0 Å². The largest absolute Gasteiger partial charge is 0.477 e. The van der Waals surface area contributed by atoms with E-state index >= 15 is 0 Å². The van der Waals surface area contributed by atoms with Gasteiger partial charge in [0.15, 0.2) is 0 Å². The molecule has 0 unspecified atom stereocenters. The van der Waals surface area contributed by atoms with Gasteiger partial charge in [-0.1, -0.05) is 30.3 Å². The van der Waals surface area contributed by atoms with Crippen LogP contribution in [0.25, 0.3) is 10.9 Å². The Balaban J connectivity index is 1.56. The zero-order valence-electron chi connectivity index (χ0n) is 16.9. The maximum absolute atomic E-state index is 12.4. The molecule has 1 aromatic heterocycles. The Bertz CT molecular complexity index is 1010. The van der Waals surface area contributed by atoms with Gasteiger partial charge in [0.25, 0.3) is 0 Å². The van der Waals surface area contributed by atoms with E-state index in [1.807, 2.05) is 24.3 Å². The number of para-hydroxylation sites is 1. The van der Waals surface area contributed by atoms with Gasteiger partial charge in [-0.3, -0.25) is 4.79 Å². The minimum atomic E-state index is -1.05. The number of anilines is 1. The number of aromatic carboxylic acids is 1. The van der Waals surface area contributed by atoms with E-state index in [9.17, 15) is 14.7 Å². The Hall–Kier alpha value is -3.28. The lowest BCUT2D eigenvalue weighted by molar-refractivity contribution is -0.120. The Morgan fingerprint density at radius 3 is 2.66 bits per heavy atom. The van der Waals surface area contributed by atoms with Crippen molar-refractivity contribution in [3.05, 3.63) is 65.4 Å². The second-order valence-corrected chi connectivity index (χ2v) is 7.13. The molecule has 29 heavy (non-hydrogen) atoms. The molecule has 2 aromatic carbocycles. The summed E-state index contributed by atoms with van der Waals surface area (Å²) in [6, 6.07) is 15.7. The number of aromatic nitrogens is 1. The summed E-state index contributed by atoms with van der Waals surface area (Å²) < 4.78 is 0. The van der Waals surface area contributed by atoms with Crippen LogP contribution in [-0.2, 0) is 11.2 Å². The standard InChI is InChI=1S/C23H27N3O3/c1-3-26(17-9-6-8-16(2)14-17)13-7-12-24-21(27)15-19-18-10-4-5-11-20(18)25-22(19)23(28)29/h4-6,8-11,14,25H,3,7,12-13,15H2,1-2H3,(H,24,27)(H,28,29). The van der Waals surface area contributed by atoms with Gasteiger partial charge in [0.2, 0.25) is 5.91 Å². The highest BCUT2D eigenvalue weighted by atomic mass is 16.4. The monoisotopic (exact) mass is 393 g/mol. The molecule has 3 aromatic rings. The van der Waals surface area contributed by atoms with E-state index in [4.69, 9.17) is 0 Å². The second-order valence-electron chi connectivity index (χ2n) is 7.13. The van der Waals surface area contributed by atoms with Crippen LogP contribution in [0.5, 0.6) is 0 Å². The maximum Gasteiger partial charge on any atom is 0.352 e. The highest BCUT2D eigenvalue weighted by Gasteiger charge is 2.19. The third kappa shape index (κ3) is 4.96. The molecule has 0 radical (unpaired) electrons. The summed E-state index contributed by atoms with van der Waals surface area (Å²) in [6.45, 7) is 6.48. The van der Waals surface area contributed by atoms with E-state index in [1.54, 1.807) is 0 Å². The van der Waals surface area contributed by atoms with E-state index in [1.165, 1.54) is 11.3 Å². The zero-order chi connectivity index (χ0) is 20.8. The van der Waals surface area contributed by atoms with Crippen molar-refractivity contribution in [3.63, 3.8) is 0 Å². The van der Waals surface area contributed by atoms with Gasteiger partial charge in [0, 0.05) is 41.8 Å². The minimum absolute atomic E-state index is 0.0427. The first-order valence-corrected chi connectivity index (χ1v) is 9.90. The average molecular weight is 393 g/mol. The molecule has 152 valence electrons. The molecule has 0 aliphatic rings. The van der Waals surface area contributed by atoms with Gasteiger partial charge in [-0.05, 0) is 44.0 Å². The lowest BCUT2D eigenvalue weighted by Crippen LogP contribution is -2.31. The number of carboxylic acid groups (broad SMARTS) is 1. The summed E-state index contributed by atoms with van der Waals surface area (Å²) in [4.78, 5) is 29.1. The van der Waals surface area contributed by atoms with Crippen molar-refractivity contribution in [1.82, 2.24) is 10.3 Å². The predicted octanol–water partition coefficient (Wildman–Crippen LogP) is 3.75. The van der Waals surface area contributed by atoms with Crippen LogP contribution in [-0.4, -0.2) is 41.6 Å². The first-order valence-electron chi connectivity index (χ1n) is 9.90. The summed E-state index contributed by atoms with van der Waals surface area (Å²) in [7, 11) is 0. The number of nitrogens with one attached hydrogen (secondary N) is 2. The molecule has 0 saturated heterocycles. The van der Waals surface area contributed by atoms with Gasteiger partial charge in [-0.15, -0.1) is 0 Å². The molecule has 6 heteroatoms. The molecule has 1 heterocycles.